The summed E-state index contributed by atoms with van der Waals surface area (Å²) >= 11 is 0. The van der Waals surface area contributed by atoms with Gasteiger partial charge in [-0.2, -0.15) is 8.78 Å². The lowest BCUT2D eigenvalue weighted by atomic mass is 9.88. The highest BCUT2D eigenvalue weighted by molar-refractivity contribution is 7.88. The van der Waals surface area contributed by atoms with Crippen LogP contribution >= 0.6 is 0 Å². The first-order valence-corrected chi connectivity index (χ1v) is 11.0. The van der Waals surface area contributed by atoms with Crippen LogP contribution in [0, 0.1) is 0 Å². The molecule has 1 aliphatic rings. The molecule has 6 nitrogen and oxygen atoms in total. The van der Waals surface area contributed by atoms with Gasteiger partial charge in [0.1, 0.15) is 23.4 Å². The smallest absolute Gasteiger partial charge is 0.387 e. The zero-order valence-electron chi connectivity index (χ0n) is 16.4. The molecule has 3 aromatic rings. The van der Waals surface area contributed by atoms with E-state index >= 15 is 0 Å². The summed E-state index contributed by atoms with van der Waals surface area (Å²) in [6.45, 7) is -3.01. The van der Waals surface area contributed by atoms with Crippen LogP contribution in [0.15, 0.2) is 60.7 Å². The van der Waals surface area contributed by atoms with Crippen molar-refractivity contribution in [1.82, 2.24) is 0 Å². The Morgan fingerprint density at radius 2 is 1.87 bits per heavy atom. The third-order valence-corrected chi connectivity index (χ3v) is 5.62. The molecule has 1 heterocycles. The first kappa shape index (κ1) is 21.1. The number of ether oxygens (including phenoxy) is 3. The molecule has 3 aromatic carbocycles. The highest BCUT2D eigenvalue weighted by Gasteiger charge is 2.31. The van der Waals surface area contributed by atoms with Gasteiger partial charge in [0.25, 0.3) is 0 Å². The van der Waals surface area contributed by atoms with Gasteiger partial charge in [-0.3, -0.25) is 0 Å². The van der Waals surface area contributed by atoms with E-state index in [0.29, 0.717) is 33.8 Å². The van der Waals surface area contributed by atoms with E-state index in [9.17, 15) is 17.2 Å². The topological polar surface area (TPSA) is 87.8 Å². The van der Waals surface area contributed by atoms with Gasteiger partial charge >= 0.3 is 6.61 Å². The van der Waals surface area contributed by atoms with Crippen LogP contribution in [0.5, 0.6) is 17.2 Å². The molecule has 0 bridgehead atoms. The minimum Gasteiger partial charge on any atom is -0.497 e. The molecule has 1 unspecified atom stereocenters. The second-order valence-electron chi connectivity index (χ2n) is 7.01. The molecule has 0 spiro atoms. The Morgan fingerprint density at radius 1 is 1.10 bits per heavy atom. The summed E-state index contributed by atoms with van der Waals surface area (Å²) < 4.78 is 65.4. The van der Waals surface area contributed by atoms with Gasteiger partial charge in [-0.25, -0.2) is 13.6 Å². The van der Waals surface area contributed by atoms with Crippen LogP contribution in [-0.2, 0) is 15.8 Å². The zero-order valence-corrected chi connectivity index (χ0v) is 17.2. The molecular weight excluding hydrogens is 428 g/mol. The van der Waals surface area contributed by atoms with E-state index in [1.54, 1.807) is 55.6 Å². The molecule has 0 aliphatic carbocycles. The molecule has 2 N–H and O–H groups in total. The molecule has 0 radical (unpaired) electrons. The van der Waals surface area contributed by atoms with E-state index in [1.165, 1.54) is 6.07 Å². The molecule has 0 amide bonds. The molecule has 162 valence electrons. The number of halogens is 2. The molecule has 1 aliphatic heterocycles. The summed E-state index contributed by atoms with van der Waals surface area (Å²) in [5.74, 6) is 0.589. The summed E-state index contributed by atoms with van der Waals surface area (Å²) in [5, 5.41) is 5.20. The quantitative estimate of drug-likeness (QED) is 0.611. The summed E-state index contributed by atoms with van der Waals surface area (Å²) in [4.78, 5) is 0. The molecule has 31 heavy (non-hydrogen) atoms. The monoisotopic (exact) mass is 447 g/mol. The maximum atomic E-state index is 13.0. The standard InChI is InChI=1S/C22H19F2NO5S/c1-28-15-5-2-4-14(11-15)21-17-10-13(12-31(25,26)27)8-9-16(17)20-18(29-21)6-3-7-19(20)30-22(23)24/h2-11,21-22H,12H2,1H3,(H2,25,26,27). The zero-order chi connectivity index (χ0) is 22.2. The van der Waals surface area contributed by atoms with Crippen LogP contribution < -0.4 is 19.3 Å². The fourth-order valence-electron chi connectivity index (χ4n) is 3.69. The summed E-state index contributed by atoms with van der Waals surface area (Å²) in [6.07, 6.45) is -0.625. The molecule has 0 fully saturated rings. The number of hydrogen-bond donors (Lipinski definition) is 1. The van der Waals surface area contributed by atoms with Crippen molar-refractivity contribution < 1.29 is 31.4 Å². The van der Waals surface area contributed by atoms with Gasteiger partial charge in [-0.05, 0) is 35.4 Å². The maximum Gasteiger partial charge on any atom is 0.387 e. The maximum absolute atomic E-state index is 13.0. The van der Waals surface area contributed by atoms with Gasteiger partial charge in [0.2, 0.25) is 10.0 Å². The van der Waals surface area contributed by atoms with Gasteiger partial charge in [-0.15, -0.1) is 0 Å². The van der Waals surface area contributed by atoms with Crippen LogP contribution in [-0.4, -0.2) is 22.1 Å². The Balaban J connectivity index is 1.91. The van der Waals surface area contributed by atoms with E-state index in [2.05, 4.69) is 0 Å². The van der Waals surface area contributed by atoms with E-state index in [0.717, 1.165) is 5.56 Å². The summed E-state index contributed by atoms with van der Waals surface area (Å²) in [6, 6.07) is 16.8. The number of hydrogen-bond acceptors (Lipinski definition) is 5. The Hall–Kier alpha value is -3.17. The number of sulfonamides is 1. The van der Waals surface area contributed by atoms with Gasteiger partial charge in [0.15, 0.2) is 0 Å². The van der Waals surface area contributed by atoms with Gasteiger partial charge in [0.05, 0.1) is 18.4 Å². The Kier molecular flexibility index (Phi) is 5.55. The molecule has 9 heteroatoms. The first-order chi connectivity index (χ1) is 14.7. The van der Waals surface area contributed by atoms with Crippen molar-refractivity contribution in [1.29, 1.82) is 0 Å². The fraction of sp³-hybridized carbons (Fsp3) is 0.182. The minimum atomic E-state index is -3.77. The molecule has 1 atom stereocenters. The average molecular weight is 447 g/mol. The molecule has 0 saturated carbocycles. The minimum absolute atomic E-state index is 0.0305. The molecule has 0 saturated heterocycles. The normalized spacial score (nSPS) is 15.1. The van der Waals surface area contributed by atoms with Gasteiger partial charge in [0, 0.05) is 11.1 Å². The third kappa shape index (κ3) is 4.47. The SMILES string of the molecule is COc1cccc(C2Oc3cccc(OC(F)F)c3-c3ccc(CS(N)(=O)=O)cc32)c1. The highest BCUT2D eigenvalue weighted by Crippen LogP contribution is 2.49. The largest absolute Gasteiger partial charge is 0.497 e. The Morgan fingerprint density at radius 3 is 2.58 bits per heavy atom. The van der Waals surface area contributed by atoms with Crippen molar-refractivity contribution in [3.8, 4) is 28.4 Å². The number of methoxy groups -OCH3 is 1. The van der Waals surface area contributed by atoms with Crippen molar-refractivity contribution >= 4 is 10.0 Å². The van der Waals surface area contributed by atoms with Crippen LogP contribution in [0.25, 0.3) is 11.1 Å². The van der Waals surface area contributed by atoms with E-state index in [-0.39, 0.29) is 11.5 Å². The van der Waals surface area contributed by atoms with Crippen LogP contribution in [0.1, 0.15) is 22.8 Å². The number of alkyl halides is 2. The predicted octanol–water partition coefficient (Wildman–Crippen LogP) is 4.23. The fourth-order valence-corrected chi connectivity index (χ4v) is 4.33. The molecular formula is C22H19F2NO5S. The average Bonchev–Trinajstić information content (AvgIpc) is 2.71. The lowest BCUT2D eigenvalue weighted by molar-refractivity contribution is -0.0496. The number of nitrogens with two attached hydrogens (primary N) is 1. The van der Waals surface area contributed by atoms with E-state index in [4.69, 9.17) is 19.3 Å². The number of rotatable bonds is 6. The van der Waals surface area contributed by atoms with E-state index in [1.807, 2.05) is 6.07 Å². The highest BCUT2D eigenvalue weighted by atomic mass is 32.2. The van der Waals surface area contributed by atoms with Gasteiger partial charge in [-0.1, -0.05) is 36.4 Å². The van der Waals surface area contributed by atoms with Crippen molar-refractivity contribution in [3.63, 3.8) is 0 Å². The molecule has 0 aromatic heterocycles. The van der Waals surface area contributed by atoms with Crippen molar-refractivity contribution in [2.45, 2.75) is 18.5 Å². The lowest BCUT2D eigenvalue weighted by Gasteiger charge is -2.31. The van der Waals surface area contributed by atoms with Crippen molar-refractivity contribution in [2.75, 3.05) is 7.11 Å². The van der Waals surface area contributed by atoms with Crippen LogP contribution in [0.2, 0.25) is 0 Å². The van der Waals surface area contributed by atoms with Crippen LogP contribution in [0.3, 0.4) is 0 Å². The van der Waals surface area contributed by atoms with Crippen molar-refractivity contribution in [2.24, 2.45) is 5.14 Å². The second kappa shape index (κ2) is 8.16. The van der Waals surface area contributed by atoms with Gasteiger partial charge < -0.3 is 14.2 Å². The third-order valence-electron chi connectivity index (χ3n) is 4.88. The summed E-state index contributed by atoms with van der Waals surface area (Å²) in [7, 11) is -2.22. The Bertz CT molecular complexity index is 1230. The van der Waals surface area contributed by atoms with Crippen molar-refractivity contribution in [3.05, 3.63) is 77.4 Å². The Labute approximate surface area is 178 Å². The number of benzene rings is 3. The predicted molar refractivity (Wildman–Crippen MR) is 111 cm³/mol. The first-order valence-electron chi connectivity index (χ1n) is 9.27. The van der Waals surface area contributed by atoms with Crippen LogP contribution in [0.4, 0.5) is 8.78 Å². The summed E-state index contributed by atoms with van der Waals surface area (Å²) in [5.41, 5.74) is 2.78. The second-order valence-corrected chi connectivity index (χ2v) is 8.63. The van der Waals surface area contributed by atoms with E-state index < -0.39 is 22.7 Å². The lowest BCUT2D eigenvalue weighted by Crippen LogP contribution is -2.18. The number of fused-ring (bicyclic) bond motifs is 3. The molecule has 4 rings (SSSR count). The number of primary sulfonamides is 1.